The molecule has 0 aliphatic heterocycles. The van der Waals surface area contributed by atoms with E-state index in [1.807, 2.05) is 32.0 Å². The third-order valence-corrected chi connectivity index (χ3v) is 4.04. The highest BCUT2D eigenvalue weighted by Gasteiger charge is 2.29. The van der Waals surface area contributed by atoms with E-state index in [0.29, 0.717) is 6.04 Å². The average molecular weight is 303 g/mol. The lowest BCUT2D eigenvalue weighted by molar-refractivity contribution is -0.117. The summed E-state index contributed by atoms with van der Waals surface area (Å²) in [4.78, 5) is 23.8. The van der Waals surface area contributed by atoms with Gasteiger partial charge in [-0.15, -0.1) is 0 Å². The molecule has 1 aliphatic carbocycles. The highest BCUT2D eigenvalue weighted by Crippen LogP contribution is 2.31. The van der Waals surface area contributed by atoms with E-state index in [1.165, 1.54) is 0 Å². The Morgan fingerprint density at radius 3 is 2.45 bits per heavy atom. The summed E-state index contributed by atoms with van der Waals surface area (Å²) in [6.07, 6.45) is 2.93. The number of amides is 2. The van der Waals surface area contributed by atoms with Crippen LogP contribution >= 0.6 is 0 Å². The predicted molar refractivity (Wildman–Crippen MR) is 88.9 cm³/mol. The maximum atomic E-state index is 12.0. The quantitative estimate of drug-likeness (QED) is 0.725. The molecule has 5 heteroatoms. The number of carbonyl (C=O) groups is 2. The van der Waals surface area contributed by atoms with Crippen LogP contribution in [-0.4, -0.2) is 24.4 Å². The minimum atomic E-state index is -0.0749. The normalized spacial score (nSPS) is 15.2. The third-order valence-electron chi connectivity index (χ3n) is 4.04. The molecule has 5 nitrogen and oxygen atoms in total. The van der Waals surface area contributed by atoms with Gasteiger partial charge in [0.2, 0.25) is 11.8 Å². The lowest BCUT2D eigenvalue weighted by atomic mass is 10.1. The van der Waals surface area contributed by atoms with Gasteiger partial charge in [0, 0.05) is 23.3 Å². The zero-order chi connectivity index (χ0) is 16.1. The van der Waals surface area contributed by atoms with Crippen LogP contribution in [0.1, 0.15) is 38.7 Å². The standard InChI is InChI=1S/C17H25N3O2/c1-4-11(2)18-10-16(21)19-14-6-5-7-15(12(14)3)20-17(22)13-8-9-13/h5-7,11,13,18H,4,8-10H2,1-3H3,(H,19,21)(H,20,22). The van der Waals surface area contributed by atoms with Crippen molar-refractivity contribution < 1.29 is 9.59 Å². The van der Waals surface area contributed by atoms with E-state index < -0.39 is 0 Å². The van der Waals surface area contributed by atoms with E-state index in [4.69, 9.17) is 0 Å². The third kappa shape index (κ3) is 4.56. The molecule has 2 amide bonds. The van der Waals surface area contributed by atoms with Crippen molar-refractivity contribution in [1.29, 1.82) is 0 Å². The lowest BCUT2D eigenvalue weighted by Gasteiger charge is -2.15. The molecule has 1 aliphatic rings. The van der Waals surface area contributed by atoms with Crippen molar-refractivity contribution in [3.63, 3.8) is 0 Å². The summed E-state index contributed by atoms with van der Waals surface area (Å²) in [5.74, 6) is 0.163. The van der Waals surface area contributed by atoms with E-state index in [0.717, 1.165) is 36.2 Å². The summed E-state index contributed by atoms with van der Waals surface area (Å²) in [7, 11) is 0. The number of rotatable bonds is 7. The van der Waals surface area contributed by atoms with Gasteiger partial charge in [0.25, 0.3) is 0 Å². The smallest absolute Gasteiger partial charge is 0.238 e. The highest BCUT2D eigenvalue weighted by atomic mass is 16.2. The van der Waals surface area contributed by atoms with Gasteiger partial charge in [0.1, 0.15) is 0 Å². The molecule has 0 aromatic heterocycles. The molecule has 0 radical (unpaired) electrons. The molecule has 1 fully saturated rings. The molecule has 22 heavy (non-hydrogen) atoms. The van der Waals surface area contributed by atoms with E-state index in [2.05, 4.69) is 22.9 Å². The van der Waals surface area contributed by atoms with Crippen LogP contribution < -0.4 is 16.0 Å². The molecule has 0 spiro atoms. The summed E-state index contributed by atoms with van der Waals surface area (Å²) in [6, 6.07) is 5.87. The molecular weight excluding hydrogens is 278 g/mol. The van der Waals surface area contributed by atoms with E-state index >= 15 is 0 Å². The first kappa shape index (κ1) is 16.5. The number of hydrogen-bond acceptors (Lipinski definition) is 3. The number of anilines is 2. The fourth-order valence-electron chi connectivity index (χ4n) is 2.09. The first-order valence-electron chi connectivity index (χ1n) is 7.95. The number of benzene rings is 1. The van der Waals surface area contributed by atoms with Crippen molar-refractivity contribution in [2.24, 2.45) is 5.92 Å². The number of nitrogens with one attached hydrogen (secondary N) is 3. The van der Waals surface area contributed by atoms with Crippen LogP contribution in [0.15, 0.2) is 18.2 Å². The molecule has 3 N–H and O–H groups in total. The van der Waals surface area contributed by atoms with Gasteiger partial charge in [0.05, 0.1) is 6.54 Å². The molecule has 0 bridgehead atoms. The Morgan fingerprint density at radius 2 is 1.86 bits per heavy atom. The molecular formula is C17H25N3O2. The van der Waals surface area contributed by atoms with Crippen molar-refractivity contribution in [3.8, 4) is 0 Å². The first-order chi connectivity index (χ1) is 10.5. The van der Waals surface area contributed by atoms with Crippen molar-refractivity contribution in [2.75, 3.05) is 17.2 Å². The molecule has 1 unspecified atom stereocenters. The van der Waals surface area contributed by atoms with Crippen molar-refractivity contribution in [3.05, 3.63) is 23.8 Å². The highest BCUT2D eigenvalue weighted by molar-refractivity contribution is 5.97. The second-order valence-corrected chi connectivity index (χ2v) is 5.98. The zero-order valence-corrected chi connectivity index (χ0v) is 13.5. The van der Waals surface area contributed by atoms with Crippen molar-refractivity contribution in [2.45, 2.75) is 46.1 Å². The van der Waals surface area contributed by atoms with Crippen LogP contribution in [0.4, 0.5) is 11.4 Å². The topological polar surface area (TPSA) is 70.2 Å². The average Bonchev–Trinajstić information content (AvgIpc) is 3.33. The maximum Gasteiger partial charge on any atom is 0.238 e. The van der Waals surface area contributed by atoms with E-state index in [9.17, 15) is 9.59 Å². The van der Waals surface area contributed by atoms with E-state index in [1.54, 1.807) is 0 Å². The molecule has 1 aromatic carbocycles. The van der Waals surface area contributed by atoms with Gasteiger partial charge in [-0.1, -0.05) is 13.0 Å². The summed E-state index contributed by atoms with van der Waals surface area (Å²) in [6.45, 7) is 6.31. The molecule has 1 aromatic rings. The monoisotopic (exact) mass is 303 g/mol. The van der Waals surface area contributed by atoms with Crippen LogP contribution in [0.3, 0.4) is 0 Å². The second-order valence-electron chi connectivity index (χ2n) is 5.98. The zero-order valence-electron chi connectivity index (χ0n) is 13.5. The minimum Gasteiger partial charge on any atom is -0.326 e. The molecule has 0 heterocycles. The second kappa shape index (κ2) is 7.40. The van der Waals surface area contributed by atoms with Crippen LogP contribution in [0.2, 0.25) is 0 Å². The van der Waals surface area contributed by atoms with Gasteiger partial charge >= 0.3 is 0 Å². The molecule has 1 atom stereocenters. The Hall–Kier alpha value is -1.88. The van der Waals surface area contributed by atoms with Gasteiger partial charge in [0.15, 0.2) is 0 Å². The van der Waals surface area contributed by atoms with Crippen LogP contribution in [-0.2, 0) is 9.59 Å². The number of hydrogen-bond donors (Lipinski definition) is 3. The number of carbonyl (C=O) groups excluding carboxylic acids is 2. The fraction of sp³-hybridized carbons (Fsp3) is 0.529. The SMILES string of the molecule is CCC(C)NCC(=O)Nc1cccc(NC(=O)C2CC2)c1C. The van der Waals surface area contributed by atoms with Gasteiger partial charge in [-0.3, -0.25) is 9.59 Å². The van der Waals surface area contributed by atoms with Crippen LogP contribution in [0.5, 0.6) is 0 Å². The Bertz CT molecular complexity index is 553. The molecule has 2 rings (SSSR count). The summed E-state index contributed by atoms with van der Waals surface area (Å²) in [5, 5.41) is 8.99. The fourth-order valence-corrected chi connectivity index (χ4v) is 2.09. The van der Waals surface area contributed by atoms with Crippen LogP contribution in [0.25, 0.3) is 0 Å². The molecule has 0 saturated heterocycles. The van der Waals surface area contributed by atoms with Crippen molar-refractivity contribution >= 4 is 23.2 Å². The maximum absolute atomic E-state index is 12.0. The van der Waals surface area contributed by atoms with Gasteiger partial charge in [-0.25, -0.2) is 0 Å². The van der Waals surface area contributed by atoms with E-state index in [-0.39, 0.29) is 24.3 Å². The Balaban J connectivity index is 1.95. The molecule has 120 valence electrons. The Labute approximate surface area is 131 Å². The van der Waals surface area contributed by atoms with Crippen molar-refractivity contribution in [1.82, 2.24) is 5.32 Å². The largest absolute Gasteiger partial charge is 0.326 e. The molecule has 1 saturated carbocycles. The Morgan fingerprint density at radius 1 is 1.23 bits per heavy atom. The van der Waals surface area contributed by atoms with Gasteiger partial charge < -0.3 is 16.0 Å². The lowest BCUT2D eigenvalue weighted by Crippen LogP contribution is -2.34. The summed E-state index contributed by atoms with van der Waals surface area (Å²) >= 11 is 0. The minimum absolute atomic E-state index is 0.0741. The predicted octanol–water partition coefficient (Wildman–Crippen LogP) is 2.67. The first-order valence-corrected chi connectivity index (χ1v) is 7.95. The summed E-state index contributed by atoms with van der Waals surface area (Å²) in [5.41, 5.74) is 2.39. The Kier molecular flexibility index (Phi) is 5.55. The van der Waals surface area contributed by atoms with Gasteiger partial charge in [-0.2, -0.15) is 0 Å². The summed E-state index contributed by atoms with van der Waals surface area (Å²) < 4.78 is 0. The van der Waals surface area contributed by atoms with Gasteiger partial charge in [-0.05, 0) is 50.8 Å². The van der Waals surface area contributed by atoms with Crippen LogP contribution in [0, 0.1) is 12.8 Å².